The van der Waals surface area contributed by atoms with Crippen LogP contribution in [-0.4, -0.2) is 7.11 Å². The maximum atomic E-state index is 4.80. The summed E-state index contributed by atoms with van der Waals surface area (Å²) in [5, 5.41) is 0. The Labute approximate surface area is 74.8 Å². The number of methoxy groups -OCH3 is 1. The van der Waals surface area contributed by atoms with E-state index in [-0.39, 0.29) is 0 Å². The van der Waals surface area contributed by atoms with Gasteiger partial charge in [0.25, 0.3) is 0 Å². The van der Waals surface area contributed by atoms with E-state index in [0.717, 1.165) is 10.0 Å². The summed E-state index contributed by atoms with van der Waals surface area (Å²) in [6.07, 6.45) is 3.56. The van der Waals surface area contributed by atoms with Crippen LogP contribution in [0.2, 0.25) is 0 Å². The molecule has 1 aromatic carbocycles. The van der Waals surface area contributed by atoms with E-state index in [0.29, 0.717) is 0 Å². The second-order valence-corrected chi connectivity index (χ2v) is 2.91. The number of rotatable bonds is 2. The van der Waals surface area contributed by atoms with Crippen LogP contribution in [0, 0.1) is 0 Å². The molecule has 0 fully saturated rings. The van der Waals surface area contributed by atoms with Crippen LogP contribution >= 0.6 is 15.9 Å². The molecule has 0 aliphatic rings. The molecule has 0 saturated heterocycles. The van der Waals surface area contributed by atoms with E-state index in [1.807, 2.05) is 30.3 Å². The minimum absolute atomic E-state index is 1.08. The zero-order chi connectivity index (χ0) is 8.10. The molecule has 0 heterocycles. The molecule has 1 rings (SSSR count). The molecule has 1 nitrogen and oxygen atoms in total. The fraction of sp³-hybridized carbons (Fsp3) is 0.111. The Morgan fingerprint density at radius 2 is 2.09 bits per heavy atom. The van der Waals surface area contributed by atoms with Gasteiger partial charge in [-0.3, -0.25) is 0 Å². The van der Waals surface area contributed by atoms with Crippen molar-refractivity contribution in [3.63, 3.8) is 0 Å². The van der Waals surface area contributed by atoms with Crippen LogP contribution in [0.5, 0.6) is 0 Å². The van der Waals surface area contributed by atoms with Gasteiger partial charge in [-0.05, 0) is 17.7 Å². The van der Waals surface area contributed by atoms with E-state index in [9.17, 15) is 0 Å². The number of ether oxygens (including phenoxy) is 1. The zero-order valence-corrected chi connectivity index (χ0v) is 7.84. The molecule has 0 amide bonds. The number of benzene rings is 1. The molecule has 11 heavy (non-hydrogen) atoms. The highest BCUT2D eigenvalue weighted by Crippen LogP contribution is 2.16. The van der Waals surface area contributed by atoms with Gasteiger partial charge in [0.15, 0.2) is 0 Å². The van der Waals surface area contributed by atoms with Crippen molar-refractivity contribution in [3.05, 3.63) is 40.6 Å². The van der Waals surface area contributed by atoms with Crippen LogP contribution in [0.3, 0.4) is 0 Å². The second kappa shape index (κ2) is 4.19. The molecule has 0 spiro atoms. The highest BCUT2D eigenvalue weighted by atomic mass is 79.9. The molecule has 1 aromatic rings. The standard InChI is InChI=1S/C9H9BrO/c1-11-7-6-8-4-2-3-5-9(8)10/h2-7H,1H3/b7-6-. The Morgan fingerprint density at radius 1 is 1.36 bits per heavy atom. The van der Waals surface area contributed by atoms with Gasteiger partial charge >= 0.3 is 0 Å². The molecule has 0 radical (unpaired) electrons. The second-order valence-electron chi connectivity index (χ2n) is 2.06. The summed E-state index contributed by atoms with van der Waals surface area (Å²) >= 11 is 3.42. The first kappa shape index (κ1) is 8.34. The number of hydrogen-bond donors (Lipinski definition) is 0. The van der Waals surface area contributed by atoms with E-state index >= 15 is 0 Å². The zero-order valence-electron chi connectivity index (χ0n) is 6.25. The van der Waals surface area contributed by atoms with Gasteiger partial charge in [-0.1, -0.05) is 34.1 Å². The van der Waals surface area contributed by atoms with Crippen molar-refractivity contribution in [1.29, 1.82) is 0 Å². The first-order valence-corrected chi connectivity index (χ1v) is 4.08. The molecule has 58 valence electrons. The summed E-state index contributed by atoms with van der Waals surface area (Å²) in [6, 6.07) is 7.98. The first-order chi connectivity index (χ1) is 5.34. The summed E-state index contributed by atoms with van der Waals surface area (Å²) in [5.41, 5.74) is 1.12. The average Bonchev–Trinajstić information content (AvgIpc) is 2.03. The fourth-order valence-corrected chi connectivity index (χ4v) is 1.17. The first-order valence-electron chi connectivity index (χ1n) is 3.28. The van der Waals surface area contributed by atoms with Gasteiger partial charge in [0.05, 0.1) is 13.4 Å². The quantitative estimate of drug-likeness (QED) is 0.686. The van der Waals surface area contributed by atoms with Gasteiger partial charge in [0, 0.05) is 4.47 Å². The van der Waals surface area contributed by atoms with Gasteiger partial charge in [0.2, 0.25) is 0 Å². The molecule has 0 aliphatic carbocycles. The normalized spacial score (nSPS) is 10.4. The Kier molecular flexibility index (Phi) is 3.17. The van der Waals surface area contributed by atoms with Crippen LogP contribution in [0.1, 0.15) is 5.56 Å². The highest BCUT2D eigenvalue weighted by Gasteiger charge is 1.90. The topological polar surface area (TPSA) is 9.23 Å². The van der Waals surface area contributed by atoms with Gasteiger partial charge < -0.3 is 4.74 Å². The molecule has 0 atom stereocenters. The molecule has 0 bridgehead atoms. The predicted molar refractivity (Wildman–Crippen MR) is 50.2 cm³/mol. The lowest BCUT2D eigenvalue weighted by Gasteiger charge is -1.95. The summed E-state index contributed by atoms with van der Waals surface area (Å²) in [7, 11) is 1.63. The molecule has 0 saturated carbocycles. The summed E-state index contributed by atoms with van der Waals surface area (Å²) < 4.78 is 5.88. The van der Waals surface area contributed by atoms with Crippen LogP contribution in [0.25, 0.3) is 6.08 Å². The lowest BCUT2D eigenvalue weighted by molar-refractivity contribution is 0.341. The van der Waals surface area contributed by atoms with E-state index in [2.05, 4.69) is 15.9 Å². The Hall–Kier alpha value is -0.760. The molecule has 2 heteroatoms. The van der Waals surface area contributed by atoms with Crippen LogP contribution < -0.4 is 0 Å². The molecular weight excluding hydrogens is 204 g/mol. The molecular formula is C9H9BrO. The van der Waals surface area contributed by atoms with E-state index in [1.165, 1.54) is 0 Å². The number of hydrogen-bond acceptors (Lipinski definition) is 1. The monoisotopic (exact) mass is 212 g/mol. The maximum absolute atomic E-state index is 4.80. The van der Waals surface area contributed by atoms with Crippen LogP contribution in [-0.2, 0) is 4.74 Å². The van der Waals surface area contributed by atoms with Crippen LogP contribution in [0.15, 0.2) is 35.0 Å². The third-order valence-corrected chi connectivity index (χ3v) is 2.01. The molecule has 0 N–H and O–H groups in total. The molecule has 0 unspecified atom stereocenters. The Bertz CT molecular complexity index is 255. The SMILES string of the molecule is CO/C=C\c1ccccc1Br. The van der Waals surface area contributed by atoms with Crippen molar-refractivity contribution < 1.29 is 4.74 Å². The lowest BCUT2D eigenvalue weighted by atomic mass is 10.2. The molecule has 0 aromatic heterocycles. The van der Waals surface area contributed by atoms with Gasteiger partial charge in [-0.2, -0.15) is 0 Å². The molecule has 0 aliphatic heterocycles. The van der Waals surface area contributed by atoms with Gasteiger partial charge in [0.1, 0.15) is 0 Å². The Balaban J connectivity index is 2.86. The minimum Gasteiger partial charge on any atom is -0.504 e. The van der Waals surface area contributed by atoms with Crippen molar-refractivity contribution in [2.75, 3.05) is 7.11 Å². The smallest absolute Gasteiger partial charge is 0.0830 e. The highest BCUT2D eigenvalue weighted by molar-refractivity contribution is 9.10. The third-order valence-electron chi connectivity index (χ3n) is 1.29. The van der Waals surface area contributed by atoms with E-state index in [4.69, 9.17) is 4.74 Å². The van der Waals surface area contributed by atoms with Crippen molar-refractivity contribution in [1.82, 2.24) is 0 Å². The van der Waals surface area contributed by atoms with Crippen molar-refractivity contribution in [3.8, 4) is 0 Å². The average molecular weight is 213 g/mol. The summed E-state index contributed by atoms with van der Waals surface area (Å²) in [6.45, 7) is 0. The van der Waals surface area contributed by atoms with Gasteiger partial charge in [-0.15, -0.1) is 0 Å². The maximum Gasteiger partial charge on any atom is 0.0830 e. The van der Waals surface area contributed by atoms with Crippen LogP contribution in [0.4, 0.5) is 0 Å². The van der Waals surface area contributed by atoms with E-state index < -0.39 is 0 Å². The van der Waals surface area contributed by atoms with Gasteiger partial charge in [-0.25, -0.2) is 0 Å². The summed E-state index contributed by atoms with van der Waals surface area (Å²) in [4.78, 5) is 0. The largest absolute Gasteiger partial charge is 0.504 e. The predicted octanol–water partition coefficient (Wildman–Crippen LogP) is 3.07. The number of halogens is 1. The van der Waals surface area contributed by atoms with Crippen molar-refractivity contribution in [2.45, 2.75) is 0 Å². The minimum atomic E-state index is 1.08. The van der Waals surface area contributed by atoms with Crippen molar-refractivity contribution >= 4 is 22.0 Å². The summed E-state index contributed by atoms with van der Waals surface area (Å²) in [5.74, 6) is 0. The fourth-order valence-electron chi connectivity index (χ4n) is 0.752. The lowest BCUT2D eigenvalue weighted by Crippen LogP contribution is -1.73. The Morgan fingerprint density at radius 3 is 2.73 bits per heavy atom. The van der Waals surface area contributed by atoms with E-state index in [1.54, 1.807) is 13.4 Å². The van der Waals surface area contributed by atoms with Crippen molar-refractivity contribution in [2.24, 2.45) is 0 Å². The third kappa shape index (κ3) is 2.39.